The first-order valence-electron chi connectivity index (χ1n) is 11.3. The maximum absolute atomic E-state index is 5.11. The van der Waals surface area contributed by atoms with Crippen molar-refractivity contribution in [1.29, 1.82) is 0 Å². The highest BCUT2D eigenvalue weighted by molar-refractivity contribution is 5.90. The zero-order valence-corrected chi connectivity index (χ0v) is 18.1. The molecule has 2 aromatic rings. The van der Waals surface area contributed by atoms with Gasteiger partial charge in [-0.05, 0) is 76.6 Å². The van der Waals surface area contributed by atoms with Crippen LogP contribution in [0.2, 0.25) is 0 Å². The van der Waals surface area contributed by atoms with Gasteiger partial charge in [-0.15, -0.1) is 0 Å². The van der Waals surface area contributed by atoms with Crippen LogP contribution in [0.15, 0.2) is 12.1 Å². The quantitative estimate of drug-likeness (QED) is 0.752. The van der Waals surface area contributed by atoms with E-state index in [0.29, 0.717) is 18.0 Å². The fraction of sp³-hybridized carbons (Fsp3) is 0.667. The molecule has 1 aliphatic heterocycles. The molecular formula is C24H36N4. The molecule has 1 N–H and O–H groups in total. The highest BCUT2D eigenvalue weighted by Crippen LogP contribution is 2.34. The topological polar surface area (TPSA) is 41.1 Å². The van der Waals surface area contributed by atoms with Gasteiger partial charge in [-0.25, -0.2) is 9.97 Å². The predicted octanol–water partition coefficient (Wildman–Crippen LogP) is 5.58. The van der Waals surface area contributed by atoms with Crippen molar-refractivity contribution in [3.05, 3.63) is 29.1 Å². The number of piperidine rings is 1. The molecule has 0 atom stereocenters. The number of anilines is 1. The zero-order valence-electron chi connectivity index (χ0n) is 18.1. The normalized spacial score (nSPS) is 20.2. The van der Waals surface area contributed by atoms with Gasteiger partial charge in [0.25, 0.3) is 0 Å². The van der Waals surface area contributed by atoms with E-state index < -0.39 is 0 Å². The fourth-order valence-corrected chi connectivity index (χ4v) is 4.81. The summed E-state index contributed by atoms with van der Waals surface area (Å²) in [5, 5.41) is 5.02. The number of nitrogens with zero attached hydrogens (tertiary/aromatic N) is 3. The van der Waals surface area contributed by atoms with Crippen LogP contribution in [-0.4, -0.2) is 40.0 Å². The van der Waals surface area contributed by atoms with Crippen LogP contribution in [0, 0.1) is 13.8 Å². The van der Waals surface area contributed by atoms with E-state index in [1.54, 1.807) is 0 Å². The van der Waals surface area contributed by atoms with Crippen molar-refractivity contribution in [3.8, 4) is 0 Å². The van der Waals surface area contributed by atoms with Gasteiger partial charge in [0.2, 0.25) is 0 Å². The lowest BCUT2D eigenvalue weighted by Crippen LogP contribution is -2.42. The Balaban J connectivity index is 1.64. The average Bonchev–Trinajstić information content (AvgIpc) is 2.70. The molecule has 0 amide bonds. The number of fused-ring (bicyclic) bond motifs is 1. The molecule has 28 heavy (non-hydrogen) atoms. The first kappa shape index (κ1) is 19.6. The molecule has 1 aromatic heterocycles. The van der Waals surface area contributed by atoms with Gasteiger partial charge in [0.15, 0.2) is 0 Å². The van der Waals surface area contributed by atoms with Gasteiger partial charge in [-0.2, -0.15) is 0 Å². The van der Waals surface area contributed by atoms with Gasteiger partial charge in [0.1, 0.15) is 11.6 Å². The summed E-state index contributed by atoms with van der Waals surface area (Å²) >= 11 is 0. The maximum Gasteiger partial charge on any atom is 0.137 e. The predicted molar refractivity (Wildman–Crippen MR) is 118 cm³/mol. The van der Waals surface area contributed by atoms with Crippen LogP contribution < -0.4 is 5.32 Å². The summed E-state index contributed by atoms with van der Waals surface area (Å²) in [5.74, 6) is 2.66. The van der Waals surface area contributed by atoms with E-state index in [0.717, 1.165) is 17.2 Å². The van der Waals surface area contributed by atoms with E-state index in [4.69, 9.17) is 9.97 Å². The van der Waals surface area contributed by atoms with Gasteiger partial charge in [-0.3, -0.25) is 0 Å². The maximum atomic E-state index is 5.11. The van der Waals surface area contributed by atoms with E-state index in [9.17, 15) is 0 Å². The van der Waals surface area contributed by atoms with Crippen molar-refractivity contribution in [2.45, 2.75) is 90.6 Å². The second kappa shape index (κ2) is 8.36. The number of hydrogen-bond donors (Lipinski definition) is 1. The lowest BCUT2D eigenvalue weighted by Gasteiger charge is -2.35. The molecule has 0 spiro atoms. The zero-order chi connectivity index (χ0) is 19.7. The summed E-state index contributed by atoms with van der Waals surface area (Å²) in [7, 11) is 0. The van der Waals surface area contributed by atoms with E-state index in [-0.39, 0.29) is 0 Å². The summed E-state index contributed by atoms with van der Waals surface area (Å²) in [6, 6.07) is 5.69. The summed E-state index contributed by atoms with van der Waals surface area (Å²) in [6.45, 7) is 11.3. The first-order valence-corrected chi connectivity index (χ1v) is 11.3. The van der Waals surface area contributed by atoms with Crippen LogP contribution in [0.1, 0.15) is 81.7 Å². The number of rotatable bonds is 4. The largest absolute Gasteiger partial charge is 0.367 e. The van der Waals surface area contributed by atoms with E-state index in [1.807, 2.05) is 0 Å². The summed E-state index contributed by atoms with van der Waals surface area (Å²) in [6.07, 6.45) is 8.85. The fourth-order valence-electron chi connectivity index (χ4n) is 4.81. The molecule has 1 saturated carbocycles. The Bertz CT molecular complexity index is 815. The number of hydrogen-bond acceptors (Lipinski definition) is 4. The van der Waals surface area contributed by atoms with Crippen LogP contribution in [-0.2, 0) is 0 Å². The van der Waals surface area contributed by atoms with Gasteiger partial charge < -0.3 is 10.2 Å². The first-order chi connectivity index (χ1) is 13.5. The Morgan fingerprint density at radius 3 is 2.29 bits per heavy atom. The Morgan fingerprint density at radius 2 is 1.61 bits per heavy atom. The van der Waals surface area contributed by atoms with Crippen LogP contribution in [0.5, 0.6) is 0 Å². The number of aryl methyl sites for hydroxylation is 2. The number of likely N-dealkylation sites (tertiary alicyclic amines) is 1. The van der Waals surface area contributed by atoms with Crippen LogP contribution in [0.25, 0.3) is 10.9 Å². The third kappa shape index (κ3) is 4.17. The summed E-state index contributed by atoms with van der Waals surface area (Å²) in [5.41, 5.74) is 3.75. The number of aromatic nitrogens is 2. The minimum absolute atomic E-state index is 0.508. The van der Waals surface area contributed by atoms with Crippen molar-refractivity contribution in [2.24, 2.45) is 0 Å². The molecule has 1 saturated heterocycles. The van der Waals surface area contributed by atoms with Crippen LogP contribution in [0.3, 0.4) is 0 Å². The molecule has 4 nitrogen and oxygen atoms in total. The van der Waals surface area contributed by atoms with E-state index in [2.05, 4.69) is 50.0 Å². The molecule has 0 unspecified atom stereocenters. The molecule has 2 aliphatic rings. The lowest BCUT2D eigenvalue weighted by atomic mass is 9.88. The van der Waals surface area contributed by atoms with E-state index in [1.165, 1.54) is 74.5 Å². The van der Waals surface area contributed by atoms with Crippen molar-refractivity contribution in [1.82, 2.24) is 14.9 Å². The Kier molecular flexibility index (Phi) is 5.86. The molecular weight excluding hydrogens is 344 g/mol. The SMILES string of the molecule is Cc1cc2nc(C3CCCCC3)nc(NC3CCN(C(C)C)CC3)c2cc1C. The molecule has 2 heterocycles. The van der Waals surface area contributed by atoms with Crippen molar-refractivity contribution in [3.63, 3.8) is 0 Å². The van der Waals surface area contributed by atoms with Gasteiger partial charge in [0, 0.05) is 36.5 Å². The molecule has 0 bridgehead atoms. The van der Waals surface area contributed by atoms with Crippen molar-refractivity contribution >= 4 is 16.7 Å². The molecule has 4 rings (SSSR count). The number of benzene rings is 1. The van der Waals surface area contributed by atoms with Crippen LogP contribution in [0.4, 0.5) is 5.82 Å². The van der Waals surface area contributed by atoms with E-state index >= 15 is 0 Å². The van der Waals surface area contributed by atoms with Crippen molar-refractivity contribution < 1.29 is 0 Å². The Hall–Kier alpha value is -1.68. The van der Waals surface area contributed by atoms with Crippen LogP contribution >= 0.6 is 0 Å². The van der Waals surface area contributed by atoms with Gasteiger partial charge in [0.05, 0.1) is 5.52 Å². The highest BCUT2D eigenvalue weighted by Gasteiger charge is 2.24. The molecule has 1 aliphatic carbocycles. The third-order valence-electron chi connectivity index (χ3n) is 6.90. The van der Waals surface area contributed by atoms with Gasteiger partial charge >= 0.3 is 0 Å². The molecule has 4 heteroatoms. The average molecular weight is 381 g/mol. The third-order valence-corrected chi connectivity index (χ3v) is 6.90. The minimum Gasteiger partial charge on any atom is -0.367 e. The number of nitrogens with one attached hydrogen (secondary N) is 1. The molecule has 1 aromatic carbocycles. The lowest BCUT2D eigenvalue weighted by molar-refractivity contribution is 0.177. The monoisotopic (exact) mass is 380 g/mol. The Labute approximate surface area is 170 Å². The smallest absolute Gasteiger partial charge is 0.137 e. The Morgan fingerprint density at radius 1 is 0.929 bits per heavy atom. The summed E-state index contributed by atoms with van der Waals surface area (Å²) < 4.78 is 0. The standard InChI is InChI=1S/C24H36N4/c1-16(2)28-12-10-20(11-13-28)25-24-21-14-17(3)18(4)15-22(21)26-23(27-24)19-8-6-5-7-9-19/h14-16,19-20H,5-13H2,1-4H3,(H,25,26,27). The summed E-state index contributed by atoms with van der Waals surface area (Å²) in [4.78, 5) is 12.7. The molecule has 152 valence electrons. The molecule has 2 fully saturated rings. The highest BCUT2D eigenvalue weighted by atomic mass is 15.2. The van der Waals surface area contributed by atoms with Crippen molar-refractivity contribution in [2.75, 3.05) is 18.4 Å². The second-order valence-electron chi connectivity index (χ2n) is 9.27. The second-order valence-corrected chi connectivity index (χ2v) is 9.27. The van der Waals surface area contributed by atoms with Gasteiger partial charge in [-0.1, -0.05) is 19.3 Å². The molecule has 0 radical (unpaired) electrons. The minimum atomic E-state index is 0.508.